The number of hydrogen-bond acceptors (Lipinski definition) is 3. The van der Waals surface area contributed by atoms with Gasteiger partial charge in [-0.15, -0.1) is 0 Å². The van der Waals surface area contributed by atoms with Gasteiger partial charge in [0.05, 0.1) is 5.56 Å². The molecule has 1 aromatic carbocycles. The van der Waals surface area contributed by atoms with Crippen LogP contribution in [0.4, 0.5) is 26.3 Å². The maximum atomic E-state index is 13.4. The summed E-state index contributed by atoms with van der Waals surface area (Å²) in [4.78, 5) is 0. The lowest BCUT2D eigenvalue weighted by molar-refractivity contribution is 0.124. The fraction of sp³-hybridized carbons (Fsp3) is 0.111. The van der Waals surface area contributed by atoms with Crippen molar-refractivity contribution < 1.29 is 41.0 Å². The van der Waals surface area contributed by atoms with E-state index >= 15 is 0 Å². The van der Waals surface area contributed by atoms with Crippen LogP contribution >= 0.6 is 0 Å². The van der Waals surface area contributed by atoms with Crippen molar-refractivity contribution >= 4 is 13.1 Å². The van der Waals surface area contributed by atoms with E-state index in [9.17, 15) is 26.3 Å². The van der Waals surface area contributed by atoms with Crippen molar-refractivity contribution in [1.29, 1.82) is 0 Å². The van der Waals surface area contributed by atoms with Crippen LogP contribution in [0.5, 0.6) is 0 Å². The molecule has 19 heavy (non-hydrogen) atoms. The second-order valence-corrected chi connectivity index (χ2v) is 3.55. The summed E-state index contributed by atoms with van der Waals surface area (Å²) in [6.07, 6.45) is -2.42. The molecular weight excluding hydrogens is 281 g/mol. The monoisotopic (exact) mass is 284 g/mol. The fourth-order valence-electron chi connectivity index (χ4n) is 1.72. The molecule has 102 valence electrons. The average Bonchev–Trinajstić information content (AvgIpc) is 2.58. The molecule has 1 aromatic rings. The zero-order valence-electron chi connectivity index (χ0n) is 8.73. The van der Waals surface area contributed by atoms with Gasteiger partial charge in [-0.3, -0.25) is 0 Å². The predicted molar refractivity (Wildman–Crippen MR) is 49.4 cm³/mol. The lowest BCUT2D eigenvalue weighted by Gasteiger charge is -2.14. The number of rotatable bonds is 2. The molecule has 0 aromatic heterocycles. The van der Waals surface area contributed by atoms with E-state index < -0.39 is 59.5 Å². The molecule has 3 nitrogen and oxygen atoms in total. The Hall–Kier alpha value is -1.52. The third-order valence-electron chi connectivity index (χ3n) is 2.48. The van der Waals surface area contributed by atoms with E-state index in [0.29, 0.717) is 0 Å². The zero-order chi connectivity index (χ0) is 14.5. The molecule has 0 bridgehead atoms. The van der Waals surface area contributed by atoms with E-state index in [1.807, 2.05) is 0 Å². The van der Waals surface area contributed by atoms with Crippen LogP contribution in [0, 0.1) is 23.3 Å². The molecule has 2 N–H and O–H groups in total. The minimum atomic E-state index is -2.66. The Bertz CT molecular complexity index is 588. The first-order valence-electron chi connectivity index (χ1n) is 4.70. The first kappa shape index (κ1) is 13.9. The summed E-state index contributed by atoms with van der Waals surface area (Å²) < 4.78 is 83.2. The highest BCUT2D eigenvalue weighted by atomic mass is 19.2. The van der Waals surface area contributed by atoms with Gasteiger partial charge in [0, 0.05) is 5.56 Å². The third-order valence-corrected chi connectivity index (χ3v) is 2.48. The van der Waals surface area contributed by atoms with Gasteiger partial charge in [0.25, 0.3) is 0 Å². The molecule has 0 aliphatic heterocycles. The van der Waals surface area contributed by atoms with Gasteiger partial charge in [-0.2, -0.15) is 0 Å². The van der Waals surface area contributed by atoms with Crippen molar-refractivity contribution in [2.75, 3.05) is 0 Å². The number of hydrogen-bond donors (Lipinski definition) is 2. The molecule has 0 saturated heterocycles. The second kappa shape index (κ2) is 4.55. The normalized spacial score (nSPS) is 18.0. The van der Waals surface area contributed by atoms with Crippen LogP contribution in [-0.2, 0) is 4.65 Å². The molecule has 0 fully saturated rings. The van der Waals surface area contributed by atoms with Crippen LogP contribution in [0.15, 0.2) is 5.83 Å². The topological polar surface area (TPSA) is 49.7 Å². The quantitative estimate of drug-likeness (QED) is 0.377. The lowest BCUT2D eigenvalue weighted by atomic mass is 10.0. The van der Waals surface area contributed by atoms with E-state index in [1.165, 1.54) is 0 Å². The summed E-state index contributed by atoms with van der Waals surface area (Å²) in [5.74, 6) is -12.8. The summed E-state index contributed by atoms with van der Waals surface area (Å²) in [5.41, 5.74) is -2.81. The van der Waals surface area contributed by atoms with E-state index in [0.717, 1.165) is 0 Å². The van der Waals surface area contributed by atoms with Crippen molar-refractivity contribution in [3.8, 4) is 0 Å². The van der Waals surface area contributed by atoms with E-state index in [4.69, 9.17) is 10.0 Å². The van der Waals surface area contributed by atoms with Gasteiger partial charge >= 0.3 is 7.32 Å². The molecule has 0 spiro atoms. The Labute approximate surface area is 101 Å². The van der Waals surface area contributed by atoms with Crippen molar-refractivity contribution in [1.82, 2.24) is 0 Å². The molecule has 0 saturated carbocycles. The minimum Gasteiger partial charge on any atom is -0.402 e. The van der Waals surface area contributed by atoms with Crippen molar-refractivity contribution in [2.45, 2.75) is 6.10 Å². The Morgan fingerprint density at radius 1 is 0.842 bits per heavy atom. The van der Waals surface area contributed by atoms with Gasteiger partial charge in [0.1, 0.15) is 6.10 Å². The third kappa shape index (κ3) is 1.92. The Kier molecular flexibility index (Phi) is 3.33. The summed E-state index contributed by atoms with van der Waals surface area (Å²) in [5, 5.41) is 16.9. The van der Waals surface area contributed by atoms with Gasteiger partial charge in [0.2, 0.25) is 0 Å². The molecule has 0 radical (unpaired) electrons. The van der Waals surface area contributed by atoms with Gasteiger partial charge in [0.15, 0.2) is 34.9 Å². The highest BCUT2D eigenvalue weighted by Gasteiger charge is 2.43. The van der Waals surface area contributed by atoms with Gasteiger partial charge in [-0.25, -0.2) is 26.3 Å². The molecule has 1 aliphatic carbocycles. The van der Waals surface area contributed by atoms with Crippen LogP contribution < -0.4 is 0 Å². The highest BCUT2D eigenvalue weighted by molar-refractivity contribution is 6.32. The number of benzene rings is 1. The zero-order valence-corrected chi connectivity index (χ0v) is 8.73. The van der Waals surface area contributed by atoms with E-state index in [2.05, 4.69) is 4.65 Å². The standard InChI is InChI=1S/C9H3BF6O3/c11-3-1-2(5(13)7(15)6(3)14)9(19-10(17)18)8(16)4(1)12/h9,17-18H. The Balaban J connectivity index is 2.72. The van der Waals surface area contributed by atoms with Crippen LogP contribution in [0.3, 0.4) is 0 Å². The molecule has 1 unspecified atom stereocenters. The van der Waals surface area contributed by atoms with Gasteiger partial charge in [-0.1, -0.05) is 0 Å². The molecule has 0 heterocycles. The van der Waals surface area contributed by atoms with Crippen molar-refractivity contribution in [3.63, 3.8) is 0 Å². The fourth-order valence-corrected chi connectivity index (χ4v) is 1.72. The van der Waals surface area contributed by atoms with E-state index in [1.54, 1.807) is 0 Å². The van der Waals surface area contributed by atoms with E-state index in [-0.39, 0.29) is 0 Å². The Morgan fingerprint density at radius 2 is 1.37 bits per heavy atom. The van der Waals surface area contributed by atoms with Crippen LogP contribution in [0.2, 0.25) is 0 Å². The summed E-state index contributed by atoms with van der Waals surface area (Å²) >= 11 is 0. The van der Waals surface area contributed by atoms with Crippen molar-refractivity contribution in [2.24, 2.45) is 0 Å². The highest BCUT2D eigenvalue weighted by Crippen LogP contribution is 2.47. The smallest absolute Gasteiger partial charge is 0.402 e. The number of fused-ring (bicyclic) bond motifs is 1. The average molecular weight is 284 g/mol. The summed E-state index contributed by atoms with van der Waals surface area (Å²) in [6.45, 7) is 0. The largest absolute Gasteiger partial charge is 0.634 e. The Morgan fingerprint density at radius 3 is 1.89 bits per heavy atom. The first-order valence-corrected chi connectivity index (χ1v) is 4.70. The minimum absolute atomic E-state index is 1.32. The molecule has 1 aliphatic rings. The summed E-state index contributed by atoms with van der Waals surface area (Å²) in [6, 6.07) is 0. The molecule has 0 amide bonds. The summed E-state index contributed by atoms with van der Waals surface area (Å²) in [7, 11) is -2.66. The van der Waals surface area contributed by atoms with Crippen LogP contribution in [-0.4, -0.2) is 17.4 Å². The number of halogens is 6. The SMILES string of the molecule is OB(O)OC1C(F)=C(F)c2c(F)c(F)c(F)c(F)c21. The maximum absolute atomic E-state index is 13.4. The molecule has 10 heteroatoms. The van der Waals surface area contributed by atoms with Crippen LogP contribution in [0.25, 0.3) is 5.83 Å². The first-order chi connectivity index (χ1) is 8.77. The predicted octanol–water partition coefficient (Wildman–Crippen LogP) is 1.89. The van der Waals surface area contributed by atoms with Gasteiger partial charge in [-0.05, 0) is 0 Å². The molecular formula is C9H3BF6O3. The maximum Gasteiger partial charge on any atom is 0.634 e. The molecule has 2 rings (SSSR count). The lowest BCUT2D eigenvalue weighted by Crippen LogP contribution is -2.21. The van der Waals surface area contributed by atoms with Crippen molar-refractivity contribution in [3.05, 3.63) is 40.2 Å². The van der Waals surface area contributed by atoms with Gasteiger partial charge < -0.3 is 14.7 Å². The molecule has 1 atom stereocenters. The second-order valence-electron chi connectivity index (χ2n) is 3.55. The van der Waals surface area contributed by atoms with Crippen LogP contribution in [0.1, 0.15) is 17.2 Å².